The van der Waals surface area contributed by atoms with Crippen molar-refractivity contribution in [2.24, 2.45) is 0 Å². The van der Waals surface area contributed by atoms with E-state index < -0.39 is 10.9 Å². The third-order valence-corrected chi connectivity index (χ3v) is 3.57. The Bertz CT molecular complexity index is 476. The van der Waals surface area contributed by atoms with Gasteiger partial charge in [-0.3, -0.25) is 14.9 Å². The summed E-state index contributed by atoms with van der Waals surface area (Å²) < 4.78 is 5.48. The molecule has 0 saturated carbocycles. The molecule has 18 heavy (non-hydrogen) atoms. The Morgan fingerprint density at radius 3 is 2.61 bits per heavy atom. The number of benzene rings is 1. The lowest BCUT2D eigenvalue weighted by Crippen LogP contribution is -2.08. The van der Waals surface area contributed by atoms with Gasteiger partial charge in [0.05, 0.1) is 18.0 Å². The molecule has 0 aliphatic heterocycles. The first-order valence-corrected chi connectivity index (χ1v) is 7.08. The van der Waals surface area contributed by atoms with E-state index in [0.717, 1.165) is 0 Å². The van der Waals surface area contributed by atoms with Crippen molar-refractivity contribution in [2.45, 2.75) is 18.7 Å². The number of nitro groups is 1. The van der Waals surface area contributed by atoms with E-state index in [1.165, 1.54) is 6.07 Å². The number of carbonyl (C=O) groups excluding carboxylic acids is 1. The van der Waals surface area contributed by atoms with E-state index >= 15 is 0 Å². The van der Waals surface area contributed by atoms with Crippen molar-refractivity contribution in [3.63, 3.8) is 0 Å². The zero-order chi connectivity index (χ0) is 13.7. The van der Waals surface area contributed by atoms with Crippen LogP contribution in [0.25, 0.3) is 0 Å². The van der Waals surface area contributed by atoms with Gasteiger partial charge in [0.15, 0.2) is 0 Å². The van der Waals surface area contributed by atoms with Crippen LogP contribution in [0.2, 0.25) is 0 Å². The van der Waals surface area contributed by atoms with E-state index in [0.29, 0.717) is 20.9 Å². The first kappa shape index (κ1) is 15.1. The lowest BCUT2D eigenvalue weighted by atomic mass is 10.1. The summed E-state index contributed by atoms with van der Waals surface area (Å²) in [5, 5.41) is 11.3. The van der Waals surface area contributed by atoms with Crippen LogP contribution >= 0.6 is 31.9 Å². The van der Waals surface area contributed by atoms with Gasteiger partial charge in [-0.2, -0.15) is 0 Å². The molecule has 0 aliphatic carbocycles. The maximum Gasteiger partial charge on any atom is 0.310 e. The summed E-state index contributed by atoms with van der Waals surface area (Å²) in [5.41, 5.74) is 1.10. The Labute approximate surface area is 121 Å². The summed E-state index contributed by atoms with van der Waals surface area (Å²) in [7, 11) is 0. The predicted octanol–water partition coefficient (Wildman–Crippen LogP) is 3.36. The normalized spacial score (nSPS) is 10.2. The molecule has 0 radical (unpaired) electrons. The number of ether oxygens (including phenoxy) is 1. The fourth-order valence-electron chi connectivity index (χ4n) is 1.43. The second kappa shape index (κ2) is 6.84. The van der Waals surface area contributed by atoms with E-state index in [1.54, 1.807) is 13.0 Å². The van der Waals surface area contributed by atoms with Gasteiger partial charge in [0.25, 0.3) is 5.69 Å². The van der Waals surface area contributed by atoms with Crippen LogP contribution in [0.1, 0.15) is 18.1 Å². The fraction of sp³-hybridized carbons (Fsp3) is 0.364. The van der Waals surface area contributed by atoms with Crippen molar-refractivity contribution in [2.75, 3.05) is 6.61 Å². The maximum absolute atomic E-state index is 11.4. The van der Waals surface area contributed by atoms with Crippen LogP contribution in [-0.4, -0.2) is 17.5 Å². The topological polar surface area (TPSA) is 69.4 Å². The Morgan fingerprint density at radius 1 is 1.44 bits per heavy atom. The minimum absolute atomic E-state index is 0.00521. The smallest absolute Gasteiger partial charge is 0.310 e. The number of hydrogen-bond acceptors (Lipinski definition) is 4. The van der Waals surface area contributed by atoms with Crippen LogP contribution in [-0.2, 0) is 21.3 Å². The lowest BCUT2D eigenvalue weighted by molar-refractivity contribution is -0.385. The monoisotopic (exact) mass is 379 g/mol. The SMILES string of the molecule is CCOC(=O)Cc1cc([N+](=O)[O-])c(CBr)cc1Br. The Balaban J connectivity index is 3.09. The quantitative estimate of drug-likeness (QED) is 0.340. The van der Waals surface area contributed by atoms with E-state index in [2.05, 4.69) is 31.9 Å². The number of halogens is 2. The highest BCUT2D eigenvalue weighted by Gasteiger charge is 2.18. The molecule has 98 valence electrons. The molecule has 0 aromatic heterocycles. The zero-order valence-electron chi connectivity index (χ0n) is 9.61. The summed E-state index contributed by atoms with van der Waals surface area (Å²) in [4.78, 5) is 21.8. The minimum Gasteiger partial charge on any atom is -0.466 e. The number of carbonyl (C=O) groups is 1. The average Bonchev–Trinajstić information content (AvgIpc) is 2.31. The summed E-state index contributed by atoms with van der Waals surface area (Å²) in [6.45, 7) is 2.00. The molecule has 0 aliphatic rings. The van der Waals surface area contributed by atoms with Crippen LogP contribution in [0.5, 0.6) is 0 Å². The molecule has 7 heteroatoms. The van der Waals surface area contributed by atoms with Gasteiger partial charge in [0, 0.05) is 21.4 Å². The number of rotatable bonds is 5. The summed E-state index contributed by atoms with van der Waals surface area (Å²) >= 11 is 6.49. The number of esters is 1. The van der Waals surface area contributed by atoms with Crippen molar-refractivity contribution in [1.82, 2.24) is 0 Å². The van der Waals surface area contributed by atoms with Crippen LogP contribution in [0.4, 0.5) is 5.69 Å². The molecule has 1 aromatic rings. The first-order chi connectivity index (χ1) is 8.49. The molecule has 0 spiro atoms. The molecule has 0 saturated heterocycles. The highest BCUT2D eigenvalue weighted by molar-refractivity contribution is 9.10. The van der Waals surface area contributed by atoms with Crippen molar-refractivity contribution < 1.29 is 14.5 Å². The largest absolute Gasteiger partial charge is 0.466 e. The van der Waals surface area contributed by atoms with Crippen molar-refractivity contribution in [1.29, 1.82) is 0 Å². The number of alkyl halides is 1. The third-order valence-electron chi connectivity index (χ3n) is 2.23. The van der Waals surface area contributed by atoms with E-state index in [-0.39, 0.29) is 18.7 Å². The van der Waals surface area contributed by atoms with Gasteiger partial charge >= 0.3 is 5.97 Å². The maximum atomic E-state index is 11.4. The fourth-order valence-corrected chi connectivity index (χ4v) is 2.41. The van der Waals surface area contributed by atoms with Gasteiger partial charge in [-0.15, -0.1) is 0 Å². The highest BCUT2D eigenvalue weighted by atomic mass is 79.9. The van der Waals surface area contributed by atoms with Crippen LogP contribution in [0.3, 0.4) is 0 Å². The minimum atomic E-state index is -0.461. The molecular formula is C11H11Br2NO4. The molecule has 0 atom stereocenters. The molecule has 1 aromatic carbocycles. The van der Waals surface area contributed by atoms with Gasteiger partial charge < -0.3 is 4.74 Å². The molecule has 1 rings (SSSR count). The molecule has 0 bridgehead atoms. The van der Waals surface area contributed by atoms with Gasteiger partial charge in [0.1, 0.15) is 0 Å². The van der Waals surface area contributed by atoms with Crippen LogP contribution < -0.4 is 0 Å². The Hall–Kier alpha value is -0.950. The van der Waals surface area contributed by atoms with Gasteiger partial charge in [-0.25, -0.2) is 0 Å². The molecule has 0 unspecified atom stereocenters. The third kappa shape index (κ3) is 3.78. The first-order valence-electron chi connectivity index (χ1n) is 5.16. The van der Waals surface area contributed by atoms with Crippen molar-refractivity contribution in [3.05, 3.63) is 37.8 Å². The molecule has 0 fully saturated rings. The molecule has 5 nitrogen and oxygen atoms in total. The van der Waals surface area contributed by atoms with Crippen LogP contribution in [0.15, 0.2) is 16.6 Å². The highest BCUT2D eigenvalue weighted by Crippen LogP contribution is 2.29. The van der Waals surface area contributed by atoms with E-state index in [1.807, 2.05) is 0 Å². The predicted molar refractivity (Wildman–Crippen MR) is 73.8 cm³/mol. The van der Waals surface area contributed by atoms with Gasteiger partial charge in [-0.05, 0) is 18.6 Å². The lowest BCUT2D eigenvalue weighted by Gasteiger charge is -2.07. The summed E-state index contributed by atoms with van der Waals surface area (Å²) in [6, 6.07) is 3.04. The van der Waals surface area contributed by atoms with Crippen molar-refractivity contribution >= 4 is 43.5 Å². The number of hydrogen-bond donors (Lipinski definition) is 0. The second-order valence-electron chi connectivity index (χ2n) is 3.44. The number of nitro benzene ring substituents is 1. The zero-order valence-corrected chi connectivity index (χ0v) is 12.8. The van der Waals surface area contributed by atoms with Crippen LogP contribution in [0, 0.1) is 10.1 Å². The molecule has 0 amide bonds. The Kier molecular flexibility index (Phi) is 5.74. The second-order valence-corrected chi connectivity index (χ2v) is 4.86. The molecular weight excluding hydrogens is 370 g/mol. The number of nitrogens with zero attached hydrogens (tertiary/aromatic N) is 1. The Morgan fingerprint density at radius 2 is 2.11 bits per heavy atom. The van der Waals surface area contributed by atoms with Crippen molar-refractivity contribution in [3.8, 4) is 0 Å². The van der Waals surface area contributed by atoms with E-state index in [9.17, 15) is 14.9 Å². The molecule has 0 heterocycles. The standard InChI is InChI=1S/C11H11Br2NO4/c1-2-18-11(15)5-7-4-10(14(16)17)8(6-12)3-9(7)13/h3-4H,2,5-6H2,1H3. The average molecular weight is 381 g/mol. The van der Waals surface area contributed by atoms with Gasteiger partial charge in [-0.1, -0.05) is 31.9 Å². The van der Waals surface area contributed by atoms with Gasteiger partial charge in [0.2, 0.25) is 0 Å². The molecule has 0 N–H and O–H groups in total. The van der Waals surface area contributed by atoms with E-state index in [4.69, 9.17) is 4.74 Å². The summed E-state index contributed by atoms with van der Waals surface area (Å²) in [6.07, 6.45) is 0.0117. The summed E-state index contributed by atoms with van der Waals surface area (Å²) in [5.74, 6) is -0.404.